The highest BCUT2D eigenvalue weighted by molar-refractivity contribution is 5.98. The van der Waals surface area contributed by atoms with E-state index in [-0.39, 0.29) is 36.2 Å². The Morgan fingerprint density at radius 3 is 2.59 bits per heavy atom. The van der Waals surface area contributed by atoms with Crippen LogP contribution in [0.1, 0.15) is 40.4 Å². The molecule has 3 aromatic rings. The van der Waals surface area contributed by atoms with E-state index in [1.807, 2.05) is 0 Å². The maximum atomic E-state index is 13.7. The first-order valence-corrected chi connectivity index (χ1v) is 10.8. The van der Waals surface area contributed by atoms with Gasteiger partial charge in [-0.15, -0.1) is 0 Å². The number of piperidine rings is 1. The molecule has 12 heteroatoms. The van der Waals surface area contributed by atoms with E-state index in [2.05, 4.69) is 25.1 Å². The summed E-state index contributed by atoms with van der Waals surface area (Å²) in [5.41, 5.74) is 0.360. The average Bonchev–Trinajstić information content (AvgIpc) is 3.44. The lowest BCUT2D eigenvalue weighted by molar-refractivity contribution is -0.138. The van der Waals surface area contributed by atoms with Gasteiger partial charge in [0.15, 0.2) is 5.82 Å². The van der Waals surface area contributed by atoms with Gasteiger partial charge in [0, 0.05) is 24.6 Å². The van der Waals surface area contributed by atoms with Crippen molar-refractivity contribution in [1.29, 1.82) is 0 Å². The van der Waals surface area contributed by atoms with Crippen molar-refractivity contribution in [2.45, 2.75) is 38.9 Å². The van der Waals surface area contributed by atoms with E-state index in [1.54, 1.807) is 30.9 Å². The van der Waals surface area contributed by atoms with Crippen LogP contribution in [0.25, 0.3) is 11.5 Å². The van der Waals surface area contributed by atoms with Gasteiger partial charge in [0.05, 0.1) is 17.2 Å². The summed E-state index contributed by atoms with van der Waals surface area (Å²) in [5, 5.41) is 3.80. The number of aryl methyl sites for hydroxylation is 2. The van der Waals surface area contributed by atoms with Crippen LogP contribution in [-0.2, 0) is 6.18 Å². The number of halogens is 3. The number of carbonyl (C=O) groups excluding carboxylic acids is 1. The number of pyridine rings is 1. The van der Waals surface area contributed by atoms with E-state index in [0.29, 0.717) is 47.9 Å². The first-order valence-electron chi connectivity index (χ1n) is 10.8. The number of ether oxygens (including phenoxy) is 1. The van der Waals surface area contributed by atoms with Gasteiger partial charge in [-0.3, -0.25) is 4.79 Å². The molecule has 3 atom stereocenters. The topological polar surface area (TPSA) is 107 Å². The summed E-state index contributed by atoms with van der Waals surface area (Å²) in [6.07, 6.45) is -1.43. The van der Waals surface area contributed by atoms with Crippen LogP contribution in [0.5, 0.6) is 6.01 Å². The first-order chi connectivity index (χ1) is 16.2. The molecule has 1 aliphatic carbocycles. The smallest absolute Gasteiger partial charge is 0.419 e. The minimum atomic E-state index is -4.53. The van der Waals surface area contributed by atoms with Gasteiger partial charge in [0.1, 0.15) is 12.3 Å². The number of likely N-dealkylation sites (tertiary alicyclic amines) is 1. The fourth-order valence-corrected chi connectivity index (χ4v) is 4.25. The Bertz CT molecular complexity index is 1210. The van der Waals surface area contributed by atoms with Crippen molar-refractivity contribution in [2.75, 3.05) is 13.2 Å². The summed E-state index contributed by atoms with van der Waals surface area (Å²) >= 11 is 0. The van der Waals surface area contributed by atoms with Crippen molar-refractivity contribution in [3.63, 3.8) is 0 Å². The number of hydrogen-bond donors (Lipinski definition) is 0. The summed E-state index contributed by atoms with van der Waals surface area (Å²) in [4.78, 5) is 31.4. The molecule has 0 spiro atoms. The van der Waals surface area contributed by atoms with Crippen LogP contribution in [-0.4, -0.2) is 55.1 Å². The molecule has 0 bridgehead atoms. The molecule has 1 amide bonds. The largest absolute Gasteiger partial charge is 0.461 e. The normalized spacial score (nSPS) is 21.8. The van der Waals surface area contributed by atoms with E-state index < -0.39 is 11.7 Å². The molecule has 1 aliphatic heterocycles. The Labute approximate surface area is 192 Å². The SMILES string of the molecule is Cc1ccc(-c2nc(C)no2)c(C(=O)N2C[C@@H]3CC3C[C@H]2COc2ncc(C(F)(F)F)cn2)n1. The summed E-state index contributed by atoms with van der Waals surface area (Å²) in [6.45, 7) is 4.07. The van der Waals surface area contributed by atoms with Crippen molar-refractivity contribution in [1.82, 2.24) is 30.0 Å². The highest BCUT2D eigenvalue weighted by Gasteiger charge is 2.48. The van der Waals surface area contributed by atoms with Crippen molar-refractivity contribution < 1.29 is 27.2 Å². The van der Waals surface area contributed by atoms with Gasteiger partial charge in [-0.05, 0) is 50.7 Å². The lowest BCUT2D eigenvalue weighted by Gasteiger charge is -2.35. The number of alkyl halides is 3. The van der Waals surface area contributed by atoms with E-state index >= 15 is 0 Å². The second-order valence-electron chi connectivity index (χ2n) is 8.66. The van der Waals surface area contributed by atoms with Gasteiger partial charge in [0.25, 0.3) is 11.8 Å². The molecule has 0 radical (unpaired) electrons. The minimum Gasteiger partial charge on any atom is -0.461 e. The standard InChI is InChI=1S/C22H21F3N6O3/c1-11-3-4-17(19-29-12(2)30-34-19)18(28-11)20(32)31-9-14-5-13(14)6-16(31)10-33-21-26-7-15(8-27-21)22(23,24)25/h3-4,7-8,13-14,16H,5-6,9-10H2,1-2H3/t13?,14-,16-/m0/s1. The zero-order valence-corrected chi connectivity index (χ0v) is 18.4. The van der Waals surface area contributed by atoms with Crippen LogP contribution in [0, 0.1) is 25.7 Å². The van der Waals surface area contributed by atoms with Crippen LogP contribution < -0.4 is 4.74 Å². The molecule has 1 saturated heterocycles. The molecule has 1 unspecified atom stereocenters. The predicted octanol–water partition coefficient (Wildman–Crippen LogP) is 3.49. The Kier molecular flexibility index (Phi) is 5.45. The maximum Gasteiger partial charge on any atom is 0.419 e. The second kappa shape index (κ2) is 8.33. The molecular weight excluding hydrogens is 453 g/mol. The van der Waals surface area contributed by atoms with E-state index in [0.717, 1.165) is 12.8 Å². The number of aromatic nitrogens is 5. The Morgan fingerprint density at radius 2 is 1.91 bits per heavy atom. The van der Waals surface area contributed by atoms with Crippen molar-refractivity contribution in [3.8, 4) is 17.5 Å². The predicted molar refractivity (Wildman–Crippen MR) is 111 cm³/mol. The van der Waals surface area contributed by atoms with Crippen LogP contribution in [0.15, 0.2) is 29.0 Å². The highest BCUT2D eigenvalue weighted by Crippen LogP contribution is 2.47. The molecule has 34 heavy (non-hydrogen) atoms. The number of fused-ring (bicyclic) bond motifs is 1. The lowest BCUT2D eigenvalue weighted by Crippen LogP contribution is -2.48. The minimum absolute atomic E-state index is 0.0567. The summed E-state index contributed by atoms with van der Waals surface area (Å²) < 4.78 is 49.1. The first kappa shape index (κ1) is 22.2. The monoisotopic (exact) mass is 474 g/mol. The number of hydrogen-bond acceptors (Lipinski definition) is 8. The van der Waals surface area contributed by atoms with Crippen molar-refractivity contribution in [2.24, 2.45) is 11.8 Å². The fraction of sp³-hybridized carbons (Fsp3) is 0.455. The number of carbonyl (C=O) groups is 1. The molecule has 2 fully saturated rings. The Morgan fingerprint density at radius 1 is 1.15 bits per heavy atom. The molecule has 4 heterocycles. The molecule has 2 aliphatic rings. The van der Waals surface area contributed by atoms with Gasteiger partial charge in [-0.25, -0.2) is 15.0 Å². The molecule has 3 aromatic heterocycles. The number of amides is 1. The van der Waals surface area contributed by atoms with Gasteiger partial charge in [-0.1, -0.05) is 5.16 Å². The lowest BCUT2D eigenvalue weighted by atomic mass is 10.0. The molecule has 5 rings (SSSR count). The molecule has 9 nitrogen and oxygen atoms in total. The van der Waals surface area contributed by atoms with Gasteiger partial charge >= 0.3 is 12.2 Å². The van der Waals surface area contributed by atoms with Crippen molar-refractivity contribution >= 4 is 5.91 Å². The zero-order valence-electron chi connectivity index (χ0n) is 18.4. The fourth-order valence-electron chi connectivity index (χ4n) is 4.25. The summed E-state index contributed by atoms with van der Waals surface area (Å²) in [5.74, 6) is 1.27. The van der Waals surface area contributed by atoms with Gasteiger partial charge < -0.3 is 14.2 Å². The quantitative estimate of drug-likeness (QED) is 0.553. The third-order valence-electron chi connectivity index (χ3n) is 6.13. The number of rotatable bonds is 5. The van der Waals surface area contributed by atoms with E-state index in [1.165, 1.54) is 0 Å². The van der Waals surface area contributed by atoms with Crippen LogP contribution in [0.2, 0.25) is 0 Å². The van der Waals surface area contributed by atoms with Gasteiger partial charge in [0.2, 0.25) is 0 Å². The summed E-state index contributed by atoms with van der Waals surface area (Å²) in [7, 11) is 0. The third-order valence-corrected chi connectivity index (χ3v) is 6.13. The average molecular weight is 474 g/mol. The molecule has 1 saturated carbocycles. The molecule has 0 N–H and O–H groups in total. The Hall–Kier alpha value is -3.57. The summed E-state index contributed by atoms with van der Waals surface area (Å²) in [6, 6.07) is 3.02. The van der Waals surface area contributed by atoms with Crippen LogP contribution in [0.4, 0.5) is 13.2 Å². The molecule has 178 valence electrons. The zero-order chi connectivity index (χ0) is 24.0. The Balaban J connectivity index is 1.37. The third kappa shape index (κ3) is 4.44. The van der Waals surface area contributed by atoms with Crippen LogP contribution >= 0.6 is 0 Å². The van der Waals surface area contributed by atoms with E-state index in [9.17, 15) is 18.0 Å². The van der Waals surface area contributed by atoms with E-state index in [4.69, 9.17) is 9.26 Å². The van der Waals surface area contributed by atoms with Crippen molar-refractivity contribution in [3.05, 3.63) is 47.3 Å². The highest BCUT2D eigenvalue weighted by atomic mass is 19.4. The molecular formula is C22H21F3N6O3. The molecule has 0 aromatic carbocycles. The maximum absolute atomic E-state index is 13.7. The number of nitrogens with zero attached hydrogens (tertiary/aromatic N) is 6. The van der Waals surface area contributed by atoms with Gasteiger partial charge in [-0.2, -0.15) is 18.2 Å². The van der Waals surface area contributed by atoms with Crippen LogP contribution in [0.3, 0.4) is 0 Å². The second-order valence-corrected chi connectivity index (χ2v) is 8.66.